The lowest BCUT2D eigenvalue weighted by atomic mass is 9.86. The summed E-state index contributed by atoms with van der Waals surface area (Å²) in [6, 6.07) is 5.02. The molecule has 1 aromatic carbocycles. The fourth-order valence-corrected chi connectivity index (χ4v) is 2.82. The van der Waals surface area contributed by atoms with Crippen molar-refractivity contribution in [3.8, 4) is 0 Å². The Bertz CT molecular complexity index is 673. The van der Waals surface area contributed by atoms with Gasteiger partial charge in [-0.05, 0) is 42.5 Å². The minimum absolute atomic E-state index is 0.0535. The molecule has 0 saturated heterocycles. The average molecular weight is 362 g/mol. The van der Waals surface area contributed by atoms with Crippen LogP contribution in [-0.4, -0.2) is 30.6 Å². The summed E-state index contributed by atoms with van der Waals surface area (Å²) in [7, 11) is 0. The average Bonchev–Trinajstić information content (AvgIpc) is 2.61. The highest BCUT2D eigenvalue weighted by molar-refractivity contribution is 5.96. The highest BCUT2D eigenvalue weighted by atomic mass is 19.1. The van der Waals surface area contributed by atoms with Gasteiger partial charge in [-0.2, -0.15) is 0 Å². The lowest BCUT2D eigenvalue weighted by Gasteiger charge is -2.29. The Kier molecular flexibility index (Phi) is 7.32. The molecule has 1 aliphatic rings. The zero-order valence-electron chi connectivity index (χ0n) is 14.7. The molecule has 2 atom stereocenters. The molecule has 0 aliphatic heterocycles. The number of esters is 1. The van der Waals surface area contributed by atoms with Crippen LogP contribution in [0.2, 0.25) is 0 Å². The topological polar surface area (TPSA) is 84.5 Å². The van der Waals surface area contributed by atoms with E-state index in [1.54, 1.807) is 0 Å². The lowest BCUT2D eigenvalue weighted by molar-refractivity contribution is -0.143. The molecule has 26 heavy (non-hydrogen) atoms. The number of carbonyl (C=O) groups excluding carboxylic acids is 3. The fourth-order valence-electron chi connectivity index (χ4n) is 2.82. The maximum Gasteiger partial charge on any atom is 0.331 e. The molecular formula is C19H23FN2O4. The van der Waals surface area contributed by atoms with Gasteiger partial charge in [0.1, 0.15) is 5.82 Å². The van der Waals surface area contributed by atoms with Gasteiger partial charge in [0.2, 0.25) is 0 Å². The maximum atomic E-state index is 12.8. The normalized spacial score (nSPS) is 19.8. The van der Waals surface area contributed by atoms with Crippen molar-refractivity contribution in [3.05, 3.63) is 41.7 Å². The van der Waals surface area contributed by atoms with Crippen LogP contribution in [0.25, 0.3) is 6.08 Å². The van der Waals surface area contributed by atoms with E-state index in [-0.39, 0.29) is 11.9 Å². The van der Waals surface area contributed by atoms with Crippen LogP contribution in [0.3, 0.4) is 0 Å². The van der Waals surface area contributed by atoms with E-state index >= 15 is 0 Å². The molecule has 0 bridgehead atoms. The van der Waals surface area contributed by atoms with E-state index in [2.05, 4.69) is 17.6 Å². The van der Waals surface area contributed by atoms with Gasteiger partial charge in [-0.1, -0.05) is 31.9 Å². The molecule has 1 aliphatic carbocycles. The van der Waals surface area contributed by atoms with Crippen molar-refractivity contribution in [2.75, 3.05) is 6.61 Å². The van der Waals surface area contributed by atoms with E-state index < -0.39 is 24.5 Å². The Labute approximate surface area is 151 Å². The standard InChI is InChI=1S/C19H23FN2O4/c1-13-4-2-3-5-16(13)21-19(25)22-17(23)12-26-18(24)11-8-14-6-9-15(20)10-7-14/h6-11,13,16H,2-5,12H2,1H3,(H2,21,22,23,25)/b11-8+/t13-,16+/m1/s1. The minimum Gasteiger partial charge on any atom is -0.452 e. The van der Waals surface area contributed by atoms with Gasteiger partial charge in [0.25, 0.3) is 5.91 Å². The molecule has 2 rings (SSSR count). The summed E-state index contributed by atoms with van der Waals surface area (Å²) in [5.74, 6) is -1.43. The number of benzene rings is 1. The molecule has 3 amide bonds. The molecule has 6 nitrogen and oxygen atoms in total. The van der Waals surface area contributed by atoms with Crippen molar-refractivity contribution in [1.82, 2.24) is 10.6 Å². The van der Waals surface area contributed by atoms with E-state index in [1.165, 1.54) is 30.3 Å². The number of halogens is 1. The van der Waals surface area contributed by atoms with Crippen LogP contribution in [0.5, 0.6) is 0 Å². The second-order valence-corrected chi connectivity index (χ2v) is 6.38. The first kappa shape index (κ1) is 19.6. The third-order valence-electron chi connectivity index (χ3n) is 4.31. The van der Waals surface area contributed by atoms with Gasteiger partial charge in [-0.15, -0.1) is 0 Å². The zero-order chi connectivity index (χ0) is 18.9. The third-order valence-corrected chi connectivity index (χ3v) is 4.31. The summed E-state index contributed by atoms with van der Waals surface area (Å²) in [4.78, 5) is 35.1. The first-order valence-corrected chi connectivity index (χ1v) is 8.65. The van der Waals surface area contributed by atoms with Crippen LogP contribution in [0.1, 0.15) is 38.2 Å². The van der Waals surface area contributed by atoms with E-state index in [0.717, 1.165) is 31.8 Å². The Morgan fingerprint density at radius 3 is 2.58 bits per heavy atom. The van der Waals surface area contributed by atoms with Crippen molar-refractivity contribution in [2.24, 2.45) is 5.92 Å². The van der Waals surface area contributed by atoms with E-state index in [1.807, 2.05) is 0 Å². The Balaban J connectivity index is 1.69. The summed E-state index contributed by atoms with van der Waals surface area (Å²) in [6.45, 7) is 1.52. The molecule has 0 heterocycles. The Morgan fingerprint density at radius 1 is 1.19 bits per heavy atom. The number of urea groups is 1. The maximum absolute atomic E-state index is 12.8. The fraction of sp³-hybridized carbons (Fsp3) is 0.421. The van der Waals surface area contributed by atoms with Crippen LogP contribution in [0, 0.1) is 11.7 Å². The Morgan fingerprint density at radius 2 is 1.88 bits per heavy atom. The van der Waals surface area contributed by atoms with Crippen LogP contribution < -0.4 is 10.6 Å². The quantitative estimate of drug-likeness (QED) is 0.623. The Hall–Kier alpha value is -2.70. The van der Waals surface area contributed by atoms with Crippen molar-refractivity contribution < 1.29 is 23.5 Å². The SMILES string of the molecule is C[C@@H]1CCCC[C@@H]1NC(=O)NC(=O)COC(=O)/C=C/c1ccc(F)cc1. The molecule has 0 spiro atoms. The first-order valence-electron chi connectivity index (χ1n) is 8.65. The third kappa shape index (κ3) is 6.66. The van der Waals surface area contributed by atoms with Gasteiger partial charge in [0.15, 0.2) is 6.61 Å². The number of imide groups is 1. The van der Waals surface area contributed by atoms with E-state index in [9.17, 15) is 18.8 Å². The summed E-state index contributed by atoms with van der Waals surface area (Å²) >= 11 is 0. The minimum atomic E-state index is -0.731. The molecule has 0 radical (unpaired) electrons. The summed E-state index contributed by atoms with van der Waals surface area (Å²) in [6.07, 6.45) is 6.73. The predicted octanol–water partition coefficient (Wildman–Crippen LogP) is 2.79. The number of hydrogen-bond acceptors (Lipinski definition) is 4. The van der Waals surface area contributed by atoms with Crippen LogP contribution in [0.4, 0.5) is 9.18 Å². The number of carbonyl (C=O) groups is 3. The number of ether oxygens (including phenoxy) is 1. The number of rotatable bonds is 5. The van der Waals surface area contributed by atoms with Gasteiger partial charge >= 0.3 is 12.0 Å². The van der Waals surface area contributed by atoms with E-state index in [0.29, 0.717) is 11.5 Å². The zero-order valence-corrected chi connectivity index (χ0v) is 14.7. The molecule has 0 unspecified atom stereocenters. The monoisotopic (exact) mass is 362 g/mol. The van der Waals surface area contributed by atoms with Crippen molar-refractivity contribution in [2.45, 2.75) is 38.6 Å². The molecule has 0 aromatic heterocycles. The summed E-state index contributed by atoms with van der Waals surface area (Å²) in [5, 5.41) is 4.93. The highest BCUT2D eigenvalue weighted by Crippen LogP contribution is 2.23. The molecule has 2 N–H and O–H groups in total. The molecule has 7 heteroatoms. The smallest absolute Gasteiger partial charge is 0.331 e. The van der Waals surface area contributed by atoms with Gasteiger partial charge in [0.05, 0.1) is 0 Å². The van der Waals surface area contributed by atoms with Crippen molar-refractivity contribution in [3.63, 3.8) is 0 Å². The van der Waals surface area contributed by atoms with Crippen molar-refractivity contribution in [1.29, 1.82) is 0 Å². The molecule has 140 valence electrons. The number of hydrogen-bond donors (Lipinski definition) is 2. The number of nitrogens with one attached hydrogen (secondary N) is 2. The van der Waals surface area contributed by atoms with Gasteiger partial charge < -0.3 is 10.1 Å². The molecule has 1 aromatic rings. The van der Waals surface area contributed by atoms with Crippen LogP contribution in [0.15, 0.2) is 30.3 Å². The molecule has 1 saturated carbocycles. The van der Waals surface area contributed by atoms with Gasteiger partial charge in [-0.25, -0.2) is 14.0 Å². The van der Waals surface area contributed by atoms with Gasteiger partial charge in [0, 0.05) is 12.1 Å². The molecular weight excluding hydrogens is 339 g/mol. The van der Waals surface area contributed by atoms with Crippen molar-refractivity contribution >= 4 is 24.0 Å². The van der Waals surface area contributed by atoms with E-state index in [4.69, 9.17) is 4.74 Å². The first-order chi connectivity index (χ1) is 12.4. The highest BCUT2D eigenvalue weighted by Gasteiger charge is 2.23. The predicted molar refractivity (Wildman–Crippen MR) is 94.5 cm³/mol. The summed E-state index contributed by atoms with van der Waals surface area (Å²) < 4.78 is 17.5. The lowest BCUT2D eigenvalue weighted by Crippen LogP contribution is -2.48. The van der Waals surface area contributed by atoms with Crippen LogP contribution >= 0.6 is 0 Å². The number of amides is 3. The molecule has 1 fully saturated rings. The largest absolute Gasteiger partial charge is 0.452 e. The second kappa shape index (κ2) is 9.70. The second-order valence-electron chi connectivity index (χ2n) is 6.38. The van der Waals surface area contributed by atoms with Gasteiger partial charge in [-0.3, -0.25) is 10.1 Å². The van der Waals surface area contributed by atoms with Crippen LogP contribution in [-0.2, 0) is 14.3 Å². The summed E-state index contributed by atoms with van der Waals surface area (Å²) in [5.41, 5.74) is 0.619.